The van der Waals surface area contributed by atoms with Crippen LogP contribution in [-0.2, 0) is 4.74 Å². The summed E-state index contributed by atoms with van der Waals surface area (Å²) in [7, 11) is 0. The van der Waals surface area contributed by atoms with Crippen molar-refractivity contribution in [1.82, 2.24) is 0 Å². The van der Waals surface area contributed by atoms with Crippen LogP contribution in [0.15, 0.2) is 72.8 Å². The van der Waals surface area contributed by atoms with Crippen LogP contribution in [0.2, 0.25) is 0 Å². The fraction of sp³-hybridized carbons (Fsp3) is 0.158. The molecule has 0 N–H and O–H groups in total. The third-order valence-corrected chi connectivity index (χ3v) is 3.85. The van der Waals surface area contributed by atoms with E-state index in [-0.39, 0.29) is 12.2 Å². The average Bonchev–Trinajstić information content (AvgIpc) is 3.33. The van der Waals surface area contributed by atoms with E-state index >= 15 is 0 Å². The third kappa shape index (κ3) is 2.63. The molecule has 1 saturated heterocycles. The number of rotatable bonds is 4. The van der Waals surface area contributed by atoms with E-state index in [0.717, 1.165) is 5.75 Å². The number of epoxide rings is 1. The Labute approximate surface area is 123 Å². The highest BCUT2D eigenvalue weighted by Crippen LogP contribution is 2.38. The zero-order valence-electron chi connectivity index (χ0n) is 11.6. The molecule has 104 valence electrons. The summed E-state index contributed by atoms with van der Waals surface area (Å²) in [4.78, 5) is 0. The van der Waals surface area contributed by atoms with Gasteiger partial charge in [-0.2, -0.15) is 0 Å². The van der Waals surface area contributed by atoms with Gasteiger partial charge in [0, 0.05) is 0 Å². The van der Waals surface area contributed by atoms with E-state index in [9.17, 15) is 0 Å². The van der Waals surface area contributed by atoms with E-state index in [1.54, 1.807) is 0 Å². The van der Waals surface area contributed by atoms with Crippen molar-refractivity contribution in [3.8, 4) is 5.75 Å². The minimum atomic E-state index is 0.166. The summed E-state index contributed by atoms with van der Waals surface area (Å²) in [5.74, 6) is 0.899. The molecule has 0 spiro atoms. The predicted octanol–water partition coefficient (Wildman–Crippen LogP) is 4.36. The Morgan fingerprint density at radius 1 is 0.810 bits per heavy atom. The minimum absolute atomic E-state index is 0.166. The van der Waals surface area contributed by atoms with Crippen molar-refractivity contribution in [3.05, 3.63) is 78.4 Å². The van der Waals surface area contributed by atoms with Crippen LogP contribution >= 0.6 is 0 Å². The molecule has 4 rings (SSSR count). The van der Waals surface area contributed by atoms with E-state index in [4.69, 9.17) is 9.47 Å². The van der Waals surface area contributed by atoms with E-state index in [1.165, 1.54) is 16.3 Å². The molecule has 0 aliphatic carbocycles. The molecule has 2 nitrogen and oxygen atoms in total. The maximum atomic E-state index is 5.86. The summed E-state index contributed by atoms with van der Waals surface area (Å²) < 4.78 is 11.6. The fourth-order valence-corrected chi connectivity index (χ4v) is 2.64. The molecule has 1 heterocycles. The van der Waals surface area contributed by atoms with Gasteiger partial charge in [-0.05, 0) is 28.5 Å². The maximum absolute atomic E-state index is 5.86. The van der Waals surface area contributed by atoms with Crippen molar-refractivity contribution in [3.63, 3.8) is 0 Å². The van der Waals surface area contributed by atoms with Gasteiger partial charge in [0.25, 0.3) is 0 Å². The summed E-state index contributed by atoms with van der Waals surface area (Å²) in [5, 5.41) is 2.43. The second-order valence-corrected chi connectivity index (χ2v) is 5.33. The Morgan fingerprint density at radius 2 is 1.57 bits per heavy atom. The Kier molecular flexibility index (Phi) is 3.09. The highest BCUT2D eigenvalue weighted by Gasteiger charge is 2.40. The highest BCUT2D eigenvalue weighted by molar-refractivity contribution is 5.83. The summed E-state index contributed by atoms with van der Waals surface area (Å²) >= 11 is 0. The lowest BCUT2D eigenvalue weighted by molar-refractivity contribution is 0.260. The molecule has 2 heteroatoms. The Bertz CT molecular complexity index is 752. The van der Waals surface area contributed by atoms with E-state index < -0.39 is 0 Å². The first-order valence-corrected chi connectivity index (χ1v) is 7.22. The molecule has 0 saturated carbocycles. The number of hydrogen-bond donors (Lipinski definition) is 0. The Balaban J connectivity index is 1.41. The first kappa shape index (κ1) is 12.4. The normalized spacial score (nSPS) is 20.4. The van der Waals surface area contributed by atoms with Crippen molar-refractivity contribution in [2.45, 2.75) is 12.2 Å². The predicted molar refractivity (Wildman–Crippen MR) is 83.5 cm³/mol. The molecule has 0 aromatic heterocycles. The molecule has 3 aromatic rings. The van der Waals surface area contributed by atoms with Gasteiger partial charge >= 0.3 is 0 Å². The molecule has 2 atom stereocenters. The van der Waals surface area contributed by atoms with Gasteiger partial charge in [0.2, 0.25) is 0 Å². The fourth-order valence-electron chi connectivity index (χ4n) is 2.64. The van der Waals surface area contributed by atoms with Crippen molar-refractivity contribution in [2.24, 2.45) is 0 Å². The topological polar surface area (TPSA) is 21.8 Å². The summed E-state index contributed by atoms with van der Waals surface area (Å²) in [6.45, 7) is 0.595. The first-order chi connectivity index (χ1) is 10.4. The quantitative estimate of drug-likeness (QED) is 0.660. The molecule has 0 amide bonds. The van der Waals surface area contributed by atoms with Gasteiger partial charge in [-0.3, -0.25) is 0 Å². The second kappa shape index (κ2) is 5.23. The van der Waals surface area contributed by atoms with Gasteiger partial charge in [0.05, 0.1) is 0 Å². The van der Waals surface area contributed by atoms with Gasteiger partial charge in [0.1, 0.15) is 24.6 Å². The third-order valence-electron chi connectivity index (χ3n) is 3.85. The minimum Gasteiger partial charge on any atom is -0.491 e. The van der Waals surface area contributed by atoms with E-state index in [2.05, 4.69) is 36.4 Å². The smallest absolute Gasteiger partial charge is 0.123 e. The highest BCUT2D eigenvalue weighted by atomic mass is 16.6. The van der Waals surface area contributed by atoms with Gasteiger partial charge in [-0.25, -0.2) is 0 Å². The molecule has 1 aliphatic rings. The second-order valence-electron chi connectivity index (χ2n) is 5.33. The van der Waals surface area contributed by atoms with Crippen LogP contribution in [0.1, 0.15) is 11.7 Å². The maximum Gasteiger partial charge on any atom is 0.123 e. The van der Waals surface area contributed by atoms with Gasteiger partial charge in [-0.15, -0.1) is 0 Å². The SMILES string of the molecule is c1ccc([C@H]2O[C@H]2COc2ccc3ccccc3c2)cc1. The molecule has 0 unspecified atom stereocenters. The molecule has 0 radical (unpaired) electrons. The van der Waals surface area contributed by atoms with Crippen LogP contribution in [0, 0.1) is 0 Å². The lowest BCUT2D eigenvalue weighted by atomic mass is 10.1. The van der Waals surface area contributed by atoms with Crippen LogP contribution in [0.25, 0.3) is 10.8 Å². The van der Waals surface area contributed by atoms with Crippen LogP contribution in [-0.4, -0.2) is 12.7 Å². The summed E-state index contributed by atoms with van der Waals surface area (Å²) in [5.41, 5.74) is 1.23. The van der Waals surface area contributed by atoms with Crippen molar-refractivity contribution >= 4 is 10.8 Å². The summed E-state index contributed by atoms with van der Waals surface area (Å²) in [6.07, 6.45) is 0.352. The number of hydrogen-bond acceptors (Lipinski definition) is 2. The average molecular weight is 276 g/mol. The molecule has 1 fully saturated rings. The Hall–Kier alpha value is -2.32. The van der Waals surface area contributed by atoms with Crippen molar-refractivity contribution < 1.29 is 9.47 Å². The van der Waals surface area contributed by atoms with Crippen molar-refractivity contribution in [2.75, 3.05) is 6.61 Å². The number of benzene rings is 3. The van der Waals surface area contributed by atoms with Crippen LogP contribution in [0.3, 0.4) is 0 Å². The Morgan fingerprint density at radius 3 is 2.43 bits per heavy atom. The standard InChI is InChI=1S/C19H16O2/c1-2-7-15(8-3-1)19-18(21-19)13-20-17-11-10-14-6-4-5-9-16(14)12-17/h1-12,18-19H,13H2/t18-,19+/m0/s1. The molecule has 3 aromatic carbocycles. The monoisotopic (exact) mass is 276 g/mol. The first-order valence-electron chi connectivity index (χ1n) is 7.22. The zero-order valence-corrected chi connectivity index (χ0v) is 11.6. The lowest BCUT2D eigenvalue weighted by Crippen LogP contribution is -2.05. The van der Waals surface area contributed by atoms with E-state index in [0.29, 0.717) is 6.61 Å². The molecular formula is C19H16O2. The molecule has 1 aliphatic heterocycles. The molecule has 21 heavy (non-hydrogen) atoms. The summed E-state index contributed by atoms with van der Waals surface area (Å²) in [6, 6.07) is 24.8. The molecular weight excluding hydrogens is 260 g/mol. The van der Waals surface area contributed by atoms with Crippen LogP contribution in [0.5, 0.6) is 5.75 Å². The van der Waals surface area contributed by atoms with Gasteiger partial charge < -0.3 is 9.47 Å². The van der Waals surface area contributed by atoms with Crippen molar-refractivity contribution in [1.29, 1.82) is 0 Å². The zero-order chi connectivity index (χ0) is 14.1. The molecule has 0 bridgehead atoms. The number of fused-ring (bicyclic) bond motifs is 1. The van der Waals surface area contributed by atoms with Crippen LogP contribution < -0.4 is 4.74 Å². The van der Waals surface area contributed by atoms with E-state index in [1.807, 2.05) is 36.4 Å². The van der Waals surface area contributed by atoms with Crippen LogP contribution in [0.4, 0.5) is 0 Å². The number of ether oxygens (including phenoxy) is 2. The van der Waals surface area contributed by atoms with Gasteiger partial charge in [-0.1, -0.05) is 60.7 Å². The van der Waals surface area contributed by atoms with Gasteiger partial charge in [0.15, 0.2) is 0 Å². The largest absolute Gasteiger partial charge is 0.491 e. The lowest BCUT2D eigenvalue weighted by Gasteiger charge is -2.05.